The Balaban J connectivity index is 1.24. The van der Waals surface area contributed by atoms with Crippen LogP contribution in [0.2, 0.25) is 0 Å². The second kappa shape index (κ2) is 6.26. The zero-order chi connectivity index (χ0) is 16.5. The van der Waals surface area contributed by atoms with Gasteiger partial charge in [0, 0.05) is 24.9 Å². The van der Waals surface area contributed by atoms with E-state index in [9.17, 15) is 4.79 Å². The molecule has 0 spiro atoms. The largest absolute Gasteiger partial charge is 0.464 e. The van der Waals surface area contributed by atoms with E-state index >= 15 is 0 Å². The van der Waals surface area contributed by atoms with Crippen molar-refractivity contribution < 1.29 is 9.21 Å². The van der Waals surface area contributed by atoms with Crippen molar-refractivity contribution >= 4 is 6.03 Å². The van der Waals surface area contributed by atoms with E-state index in [0.717, 1.165) is 36.1 Å². The highest BCUT2D eigenvalue weighted by molar-refractivity contribution is 5.74. The Morgan fingerprint density at radius 3 is 2.88 bits per heavy atom. The van der Waals surface area contributed by atoms with Crippen LogP contribution >= 0.6 is 0 Å². The lowest BCUT2D eigenvalue weighted by molar-refractivity contribution is 0.179. The molecule has 2 N–H and O–H groups in total. The molecule has 8 heteroatoms. The number of nitrogens with zero attached hydrogens (tertiary/aromatic N) is 4. The smallest absolute Gasteiger partial charge is 0.317 e. The molecule has 8 nitrogen and oxygen atoms in total. The number of aromatic nitrogens is 4. The number of carbonyl (C=O) groups excluding carboxylic acids is 1. The van der Waals surface area contributed by atoms with Crippen LogP contribution < -0.4 is 5.32 Å². The third-order valence-corrected chi connectivity index (χ3v) is 5.08. The average Bonchev–Trinajstić information content (AvgIpc) is 3.04. The Morgan fingerprint density at radius 1 is 1.42 bits per heavy atom. The third-order valence-electron chi connectivity index (χ3n) is 5.08. The first-order chi connectivity index (χ1) is 11.7. The van der Waals surface area contributed by atoms with Crippen LogP contribution in [-0.2, 0) is 6.54 Å². The standard InChI is InChI=1S/C16H22N6O2/c1-10-8-13(10)14-3-2-12(24-14)9-17-16(23)22-6-4-11(5-7-22)15-18-20-21-19-15/h2-3,10-11,13H,4-9H2,1H3,(H,17,23)(H,18,19,20,21). The van der Waals surface area contributed by atoms with E-state index in [4.69, 9.17) is 4.42 Å². The number of tetrazole rings is 1. The normalized spacial score (nSPS) is 24.1. The quantitative estimate of drug-likeness (QED) is 0.893. The van der Waals surface area contributed by atoms with Crippen LogP contribution in [0.25, 0.3) is 0 Å². The number of aromatic amines is 1. The molecule has 0 aromatic carbocycles. The summed E-state index contributed by atoms with van der Waals surface area (Å²) in [6.07, 6.45) is 2.92. The van der Waals surface area contributed by atoms with Crippen LogP contribution in [0.15, 0.2) is 16.5 Å². The lowest BCUT2D eigenvalue weighted by Crippen LogP contribution is -2.43. The first-order valence-corrected chi connectivity index (χ1v) is 8.55. The molecule has 2 aliphatic rings. The molecule has 0 radical (unpaired) electrons. The van der Waals surface area contributed by atoms with Crippen molar-refractivity contribution in [1.82, 2.24) is 30.8 Å². The highest BCUT2D eigenvalue weighted by atomic mass is 16.3. The molecule has 2 atom stereocenters. The maximum atomic E-state index is 12.3. The van der Waals surface area contributed by atoms with Crippen LogP contribution in [-0.4, -0.2) is 44.6 Å². The van der Waals surface area contributed by atoms with Crippen LogP contribution in [0.1, 0.15) is 55.4 Å². The predicted molar refractivity (Wildman–Crippen MR) is 85.2 cm³/mol. The van der Waals surface area contributed by atoms with Gasteiger partial charge in [0.15, 0.2) is 5.82 Å². The van der Waals surface area contributed by atoms with E-state index < -0.39 is 0 Å². The molecule has 2 unspecified atom stereocenters. The average molecular weight is 330 g/mol. The number of urea groups is 1. The minimum absolute atomic E-state index is 0.0423. The van der Waals surface area contributed by atoms with Gasteiger partial charge in [-0.1, -0.05) is 12.1 Å². The molecule has 0 bridgehead atoms. The Morgan fingerprint density at radius 2 is 2.21 bits per heavy atom. The summed E-state index contributed by atoms with van der Waals surface area (Å²) in [4.78, 5) is 14.1. The van der Waals surface area contributed by atoms with Crippen LogP contribution in [0.4, 0.5) is 4.79 Å². The molecule has 128 valence electrons. The SMILES string of the molecule is CC1CC1c1ccc(CNC(=O)N2CCC(c3nn[nH]n3)CC2)o1. The summed E-state index contributed by atoms with van der Waals surface area (Å²) < 4.78 is 5.82. The van der Waals surface area contributed by atoms with Gasteiger partial charge in [-0.2, -0.15) is 5.21 Å². The third kappa shape index (κ3) is 3.13. The summed E-state index contributed by atoms with van der Waals surface area (Å²) >= 11 is 0. The summed E-state index contributed by atoms with van der Waals surface area (Å²) in [5, 5.41) is 17.1. The number of carbonyl (C=O) groups is 1. The van der Waals surface area contributed by atoms with Gasteiger partial charge in [-0.25, -0.2) is 4.79 Å². The zero-order valence-corrected chi connectivity index (χ0v) is 13.7. The molecule has 2 aromatic heterocycles. The van der Waals surface area contributed by atoms with Gasteiger partial charge in [0.25, 0.3) is 0 Å². The first-order valence-electron chi connectivity index (χ1n) is 8.55. The van der Waals surface area contributed by atoms with E-state index in [-0.39, 0.29) is 11.9 Å². The number of nitrogens with one attached hydrogen (secondary N) is 2. The van der Waals surface area contributed by atoms with Crippen molar-refractivity contribution in [2.45, 2.75) is 44.6 Å². The topological polar surface area (TPSA) is 99.9 Å². The Kier molecular flexibility index (Phi) is 3.95. The fraction of sp³-hybridized carbons (Fsp3) is 0.625. The fourth-order valence-electron chi connectivity index (χ4n) is 3.37. The van der Waals surface area contributed by atoms with E-state index in [1.54, 1.807) is 0 Å². The van der Waals surface area contributed by atoms with Crippen LogP contribution in [0, 0.1) is 5.92 Å². The molecule has 2 amide bonds. The first kappa shape index (κ1) is 15.2. The highest BCUT2D eigenvalue weighted by Crippen LogP contribution is 2.47. The predicted octanol–water partition coefficient (Wildman–Crippen LogP) is 2.01. The summed E-state index contributed by atoms with van der Waals surface area (Å²) in [6, 6.07) is 3.95. The molecule has 3 heterocycles. The molecule has 1 aliphatic heterocycles. The van der Waals surface area contributed by atoms with Gasteiger partial charge in [0.2, 0.25) is 0 Å². The minimum atomic E-state index is -0.0423. The van der Waals surface area contributed by atoms with Crippen molar-refractivity contribution in [2.24, 2.45) is 5.92 Å². The van der Waals surface area contributed by atoms with Gasteiger partial charge >= 0.3 is 6.03 Å². The number of H-pyrrole nitrogens is 1. The summed E-state index contributed by atoms with van der Waals surface area (Å²) in [7, 11) is 0. The number of furan rings is 1. The summed E-state index contributed by atoms with van der Waals surface area (Å²) in [6.45, 7) is 4.07. The second-order valence-electron chi connectivity index (χ2n) is 6.81. The molecule has 4 rings (SSSR count). The van der Waals surface area contributed by atoms with Gasteiger partial charge in [-0.05, 0) is 37.3 Å². The lowest BCUT2D eigenvalue weighted by atomic mass is 9.96. The van der Waals surface area contributed by atoms with Crippen molar-refractivity contribution in [3.05, 3.63) is 29.5 Å². The Hall–Kier alpha value is -2.38. The Labute approximate surface area is 140 Å². The number of piperidine rings is 1. The van der Waals surface area contributed by atoms with Crippen LogP contribution in [0.5, 0.6) is 0 Å². The lowest BCUT2D eigenvalue weighted by Gasteiger charge is -2.30. The minimum Gasteiger partial charge on any atom is -0.464 e. The van der Waals surface area contributed by atoms with Crippen molar-refractivity contribution in [2.75, 3.05) is 13.1 Å². The highest BCUT2D eigenvalue weighted by Gasteiger charge is 2.36. The molecular weight excluding hydrogens is 308 g/mol. The maximum absolute atomic E-state index is 12.3. The van der Waals surface area contributed by atoms with E-state index in [0.29, 0.717) is 25.6 Å². The molecule has 1 saturated heterocycles. The fourth-order valence-corrected chi connectivity index (χ4v) is 3.37. The molecule has 2 fully saturated rings. The molecule has 1 saturated carbocycles. The molecule has 2 aromatic rings. The monoisotopic (exact) mass is 330 g/mol. The number of amides is 2. The van der Waals surface area contributed by atoms with Gasteiger partial charge in [-0.3, -0.25) is 0 Å². The Bertz CT molecular complexity index is 689. The summed E-state index contributed by atoms with van der Waals surface area (Å²) in [5.74, 6) is 4.18. The van der Waals surface area contributed by atoms with E-state index in [2.05, 4.69) is 32.9 Å². The van der Waals surface area contributed by atoms with Crippen molar-refractivity contribution in [3.63, 3.8) is 0 Å². The van der Waals surface area contributed by atoms with Gasteiger partial charge in [-0.15, -0.1) is 10.2 Å². The van der Waals surface area contributed by atoms with Gasteiger partial charge in [0.05, 0.1) is 6.54 Å². The molecular formula is C16H22N6O2. The van der Waals surface area contributed by atoms with E-state index in [1.807, 2.05) is 17.0 Å². The number of rotatable bonds is 4. The van der Waals surface area contributed by atoms with E-state index in [1.165, 1.54) is 6.42 Å². The molecule has 24 heavy (non-hydrogen) atoms. The van der Waals surface area contributed by atoms with Crippen molar-refractivity contribution in [3.8, 4) is 0 Å². The number of likely N-dealkylation sites (tertiary alicyclic amines) is 1. The maximum Gasteiger partial charge on any atom is 0.317 e. The van der Waals surface area contributed by atoms with Gasteiger partial charge in [0.1, 0.15) is 11.5 Å². The van der Waals surface area contributed by atoms with Crippen LogP contribution in [0.3, 0.4) is 0 Å². The number of hydrogen-bond donors (Lipinski definition) is 2. The molecule has 1 aliphatic carbocycles. The second-order valence-corrected chi connectivity index (χ2v) is 6.81. The zero-order valence-electron chi connectivity index (χ0n) is 13.7. The number of hydrogen-bond acceptors (Lipinski definition) is 5. The summed E-state index contributed by atoms with van der Waals surface area (Å²) in [5.41, 5.74) is 0. The van der Waals surface area contributed by atoms with Gasteiger partial charge < -0.3 is 14.6 Å². The van der Waals surface area contributed by atoms with Crippen molar-refractivity contribution in [1.29, 1.82) is 0 Å².